The topological polar surface area (TPSA) is 0 Å². The highest BCUT2D eigenvalue weighted by atomic mass is 31.1. The summed E-state index contributed by atoms with van der Waals surface area (Å²) >= 11 is 0. The van der Waals surface area contributed by atoms with Crippen molar-refractivity contribution in [1.82, 2.24) is 0 Å². The van der Waals surface area contributed by atoms with E-state index in [0.717, 1.165) is 39.3 Å². The molecule has 4 rings (SSSR count). The van der Waals surface area contributed by atoms with E-state index in [0.29, 0.717) is 0 Å². The minimum Gasteiger partial charge on any atom is -0.207 e. The summed E-state index contributed by atoms with van der Waals surface area (Å²) < 4.78 is 41.7. The van der Waals surface area contributed by atoms with Gasteiger partial charge in [-0.1, -0.05) is 83.1 Å². The lowest BCUT2D eigenvalue weighted by atomic mass is 9.34. The summed E-state index contributed by atoms with van der Waals surface area (Å²) in [6.45, 7) is 4.16. The minimum atomic E-state index is -0.317. The number of hydrogen-bond donors (Lipinski definition) is 0. The Bertz CT molecular complexity index is 1200. The molecule has 0 aliphatic rings. The summed E-state index contributed by atoms with van der Waals surface area (Å²) in [5, 5.41) is 0. The highest BCUT2D eigenvalue weighted by Gasteiger charge is 2.29. The third-order valence-corrected chi connectivity index (χ3v) is 6.72. The summed E-state index contributed by atoms with van der Waals surface area (Å²) in [6, 6.07) is 29.6. The predicted octanol–water partition coefficient (Wildman–Crippen LogP) is 6.60. The lowest BCUT2D eigenvalue weighted by Gasteiger charge is -2.25. The minimum absolute atomic E-state index is 0.295. The van der Waals surface area contributed by atoms with E-state index < -0.39 is 0 Å². The van der Waals surface area contributed by atoms with Crippen molar-refractivity contribution in [1.29, 1.82) is 0 Å². The maximum atomic E-state index is 13.9. The van der Waals surface area contributed by atoms with Crippen LogP contribution in [0.4, 0.5) is 13.2 Å². The van der Waals surface area contributed by atoms with Gasteiger partial charge in [0.1, 0.15) is 17.5 Å². The Labute approximate surface area is 201 Å². The van der Waals surface area contributed by atoms with Crippen molar-refractivity contribution in [3.05, 3.63) is 132 Å². The molecular formula is C29H25BF3P. The van der Waals surface area contributed by atoms with Gasteiger partial charge in [-0.2, -0.15) is 0 Å². The second-order valence-corrected chi connectivity index (χ2v) is 11.0. The van der Waals surface area contributed by atoms with Gasteiger partial charge in [0.25, 0.3) is 0 Å². The molecule has 0 spiro atoms. The Morgan fingerprint density at radius 3 is 1.47 bits per heavy atom. The number of halogens is 3. The van der Waals surface area contributed by atoms with Crippen LogP contribution in [0.5, 0.6) is 0 Å². The van der Waals surface area contributed by atoms with Crippen LogP contribution in [0.15, 0.2) is 103 Å². The molecule has 4 aromatic rings. The smallest absolute Gasteiger partial charge is 0.207 e. The molecule has 0 bridgehead atoms. The molecule has 0 amide bonds. The Morgan fingerprint density at radius 2 is 1.03 bits per heavy atom. The van der Waals surface area contributed by atoms with E-state index in [1.807, 2.05) is 18.2 Å². The third-order valence-electron chi connectivity index (χ3n) is 5.77. The quantitative estimate of drug-likeness (QED) is 0.162. The van der Waals surface area contributed by atoms with Crippen molar-refractivity contribution >= 4 is 36.6 Å². The highest BCUT2D eigenvalue weighted by Crippen LogP contribution is 2.38. The first-order chi connectivity index (χ1) is 16.4. The second kappa shape index (κ2) is 10.9. The summed E-state index contributed by atoms with van der Waals surface area (Å²) in [5.74, 6) is -0.941. The Kier molecular flexibility index (Phi) is 7.70. The maximum Gasteiger partial charge on any atom is 0.242 e. The van der Waals surface area contributed by atoms with Crippen LogP contribution in [0.1, 0.15) is 11.1 Å². The summed E-state index contributed by atoms with van der Waals surface area (Å²) in [5.41, 5.74) is 5.92. The van der Waals surface area contributed by atoms with Gasteiger partial charge in [0, 0.05) is 0 Å². The maximum absolute atomic E-state index is 13.9. The van der Waals surface area contributed by atoms with E-state index >= 15 is 0 Å². The van der Waals surface area contributed by atoms with E-state index in [1.54, 1.807) is 36.4 Å². The number of rotatable bonds is 7. The van der Waals surface area contributed by atoms with Gasteiger partial charge in [0.05, 0.1) is 0 Å². The van der Waals surface area contributed by atoms with Crippen LogP contribution in [-0.2, 0) is 0 Å². The number of allylic oxidation sites excluding steroid dienone is 1. The van der Waals surface area contributed by atoms with Crippen molar-refractivity contribution in [2.45, 2.75) is 0 Å². The molecule has 0 heterocycles. The molecule has 0 saturated heterocycles. The van der Waals surface area contributed by atoms with Crippen LogP contribution in [-0.4, -0.2) is 26.2 Å². The fraction of sp³-hybridized carbons (Fsp3) is 0.103. The SMILES string of the molecule is CP(C)C/C(=C(\B(c1ccc(F)cc1)c1ccc(F)cc1)c1ccc(F)cc1)c1ccccc1. The van der Waals surface area contributed by atoms with Crippen LogP contribution in [0, 0.1) is 17.5 Å². The summed E-state index contributed by atoms with van der Waals surface area (Å²) in [7, 11) is -0.317. The van der Waals surface area contributed by atoms with Gasteiger partial charge in [0.15, 0.2) is 0 Å². The fourth-order valence-corrected chi connectivity index (χ4v) is 5.25. The zero-order chi connectivity index (χ0) is 24.1. The van der Waals surface area contributed by atoms with Crippen LogP contribution < -0.4 is 10.9 Å². The van der Waals surface area contributed by atoms with Gasteiger partial charge in [-0.3, -0.25) is 0 Å². The monoisotopic (exact) mass is 472 g/mol. The van der Waals surface area contributed by atoms with Crippen molar-refractivity contribution in [3.8, 4) is 0 Å². The molecule has 0 aliphatic heterocycles. The van der Waals surface area contributed by atoms with Gasteiger partial charge >= 0.3 is 0 Å². The number of benzene rings is 4. The van der Waals surface area contributed by atoms with E-state index in [4.69, 9.17) is 0 Å². The average molecular weight is 472 g/mol. The Hall–Kier alpha value is -3.10. The van der Waals surface area contributed by atoms with Gasteiger partial charge < -0.3 is 0 Å². The van der Waals surface area contributed by atoms with Crippen LogP contribution in [0.2, 0.25) is 0 Å². The van der Waals surface area contributed by atoms with Crippen molar-refractivity contribution in [2.24, 2.45) is 0 Å². The molecule has 5 heteroatoms. The van der Waals surface area contributed by atoms with Crippen LogP contribution >= 0.6 is 7.92 Å². The average Bonchev–Trinajstić information content (AvgIpc) is 2.84. The zero-order valence-electron chi connectivity index (χ0n) is 19.2. The lowest BCUT2D eigenvalue weighted by molar-refractivity contribution is 0.627. The fourth-order valence-electron chi connectivity index (χ4n) is 4.27. The normalized spacial score (nSPS) is 11.9. The van der Waals surface area contributed by atoms with E-state index in [2.05, 4.69) is 25.5 Å². The van der Waals surface area contributed by atoms with Gasteiger partial charge in [-0.15, -0.1) is 7.92 Å². The molecule has 0 atom stereocenters. The Morgan fingerprint density at radius 1 is 0.588 bits per heavy atom. The molecule has 170 valence electrons. The number of hydrogen-bond acceptors (Lipinski definition) is 0. The standard InChI is InChI=1S/C29H25BF3P/c1-34(2)20-28(21-6-4-3-5-7-21)29(22-8-14-25(31)15-9-22)30(23-10-16-26(32)17-11-23)24-12-18-27(33)19-13-24/h3-19H,20H2,1-2H3/b29-28+. The summed E-state index contributed by atoms with van der Waals surface area (Å²) in [6.07, 6.45) is 0.852. The highest BCUT2D eigenvalue weighted by molar-refractivity contribution is 7.56. The van der Waals surface area contributed by atoms with E-state index in [-0.39, 0.29) is 32.1 Å². The lowest BCUT2D eigenvalue weighted by Crippen LogP contribution is -2.44. The second-order valence-electron chi connectivity index (χ2n) is 8.54. The zero-order valence-corrected chi connectivity index (χ0v) is 20.1. The third kappa shape index (κ3) is 5.69. The van der Waals surface area contributed by atoms with Crippen LogP contribution in [0.3, 0.4) is 0 Å². The first-order valence-electron chi connectivity index (χ1n) is 11.1. The van der Waals surface area contributed by atoms with Crippen molar-refractivity contribution < 1.29 is 13.2 Å². The molecule has 0 unspecified atom stereocenters. The first-order valence-corrected chi connectivity index (χ1v) is 13.5. The molecule has 0 aliphatic carbocycles. The molecule has 34 heavy (non-hydrogen) atoms. The molecule has 0 saturated carbocycles. The van der Waals surface area contributed by atoms with Gasteiger partial charge in [-0.25, -0.2) is 13.2 Å². The van der Waals surface area contributed by atoms with E-state index in [9.17, 15) is 13.2 Å². The van der Waals surface area contributed by atoms with Crippen LogP contribution in [0.25, 0.3) is 11.0 Å². The largest absolute Gasteiger partial charge is 0.242 e. The Balaban J connectivity index is 2.07. The molecule has 4 aromatic carbocycles. The molecule has 0 fully saturated rings. The molecule has 0 nitrogen and oxygen atoms in total. The summed E-state index contributed by atoms with van der Waals surface area (Å²) in [4.78, 5) is 0. The van der Waals surface area contributed by atoms with Gasteiger partial charge in [-0.05, 0) is 72.6 Å². The van der Waals surface area contributed by atoms with Crippen molar-refractivity contribution in [2.75, 3.05) is 19.5 Å². The molecular weight excluding hydrogens is 447 g/mol. The van der Waals surface area contributed by atoms with Gasteiger partial charge in [0.2, 0.25) is 6.71 Å². The van der Waals surface area contributed by atoms with E-state index in [1.165, 1.54) is 36.4 Å². The molecule has 0 aromatic heterocycles. The molecule has 0 N–H and O–H groups in total. The first kappa shape index (κ1) is 24.0. The molecule has 0 radical (unpaired) electrons. The predicted molar refractivity (Wildman–Crippen MR) is 141 cm³/mol. The van der Waals surface area contributed by atoms with Crippen molar-refractivity contribution in [3.63, 3.8) is 0 Å².